The number of furan rings is 1. The van der Waals surface area contributed by atoms with Gasteiger partial charge in [0, 0.05) is 32.2 Å². The van der Waals surface area contributed by atoms with Crippen LogP contribution < -0.4 is 10.1 Å². The molecule has 0 bridgehead atoms. The maximum atomic E-state index is 13.1. The van der Waals surface area contributed by atoms with E-state index in [1.807, 2.05) is 0 Å². The Kier molecular flexibility index (Phi) is 7.57. The summed E-state index contributed by atoms with van der Waals surface area (Å²) in [4.78, 5) is 37.2. The van der Waals surface area contributed by atoms with Crippen molar-refractivity contribution in [2.45, 2.75) is 24.8 Å². The van der Waals surface area contributed by atoms with Crippen molar-refractivity contribution in [2.75, 3.05) is 33.3 Å². The number of nitro benzene ring substituents is 1. The minimum atomic E-state index is -4.02. The number of piperazine rings is 1. The quantitative estimate of drug-likeness (QED) is 0.428. The first kappa shape index (κ1) is 25.2. The van der Waals surface area contributed by atoms with Crippen molar-refractivity contribution >= 4 is 27.5 Å². The molecule has 2 heterocycles. The van der Waals surface area contributed by atoms with Gasteiger partial charge in [0.2, 0.25) is 15.9 Å². The molecule has 34 heavy (non-hydrogen) atoms. The SMILES string of the molecule is COc1ccc(S(=O)(=O)N2CCN(C(=O)[C@@H](NC(=O)c3ccco3)C(C)C)CC2)cc1[N+](=O)[O-]. The highest BCUT2D eigenvalue weighted by molar-refractivity contribution is 7.89. The average molecular weight is 495 g/mol. The Bertz CT molecular complexity index is 1160. The van der Waals surface area contributed by atoms with Gasteiger partial charge in [-0.05, 0) is 30.2 Å². The third-order valence-electron chi connectivity index (χ3n) is 5.50. The number of amides is 2. The molecule has 2 amide bonds. The van der Waals surface area contributed by atoms with Gasteiger partial charge < -0.3 is 19.4 Å². The van der Waals surface area contributed by atoms with E-state index in [9.17, 15) is 28.1 Å². The molecule has 0 unspecified atom stereocenters. The lowest BCUT2D eigenvalue weighted by atomic mass is 10.0. The van der Waals surface area contributed by atoms with E-state index in [0.717, 1.165) is 6.07 Å². The van der Waals surface area contributed by atoms with E-state index in [4.69, 9.17) is 9.15 Å². The van der Waals surface area contributed by atoms with Crippen LogP contribution in [0, 0.1) is 16.0 Å². The summed E-state index contributed by atoms with van der Waals surface area (Å²) in [7, 11) is -2.77. The summed E-state index contributed by atoms with van der Waals surface area (Å²) in [5.41, 5.74) is -0.454. The normalized spacial score (nSPS) is 15.7. The smallest absolute Gasteiger partial charge is 0.312 e. The van der Waals surface area contributed by atoms with Crippen molar-refractivity contribution in [1.29, 1.82) is 0 Å². The van der Waals surface area contributed by atoms with Crippen LogP contribution in [0.2, 0.25) is 0 Å². The van der Waals surface area contributed by atoms with Gasteiger partial charge in [0.1, 0.15) is 6.04 Å². The fraction of sp³-hybridized carbons (Fsp3) is 0.429. The van der Waals surface area contributed by atoms with Crippen LogP contribution in [0.5, 0.6) is 5.75 Å². The van der Waals surface area contributed by atoms with Gasteiger partial charge in [-0.15, -0.1) is 0 Å². The average Bonchev–Trinajstić information content (AvgIpc) is 3.36. The van der Waals surface area contributed by atoms with Gasteiger partial charge in [0.05, 0.1) is 23.2 Å². The number of ether oxygens (including phenoxy) is 1. The highest BCUT2D eigenvalue weighted by Gasteiger charge is 2.35. The zero-order valence-corrected chi connectivity index (χ0v) is 19.8. The Balaban J connectivity index is 1.70. The number of methoxy groups -OCH3 is 1. The maximum Gasteiger partial charge on any atom is 0.312 e. The van der Waals surface area contributed by atoms with Crippen LogP contribution in [0.1, 0.15) is 24.4 Å². The predicted molar refractivity (Wildman–Crippen MR) is 120 cm³/mol. The molecule has 0 radical (unpaired) electrons. The number of sulfonamides is 1. The molecule has 1 saturated heterocycles. The summed E-state index contributed by atoms with van der Waals surface area (Å²) in [6.07, 6.45) is 1.36. The fourth-order valence-corrected chi connectivity index (χ4v) is 5.04. The molecule has 12 nitrogen and oxygen atoms in total. The summed E-state index contributed by atoms with van der Waals surface area (Å²) >= 11 is 0. The molecular formula is C21H26N4O8S. The van der Waals surface area contributed by atoms with Gasteiger partial charge in [-0.3, -0.25) is 19.7 Å². The molecule has 3 rings (SSSR count). The zero-order valence-electron chi connectivity index (χ0n) is 19.0. The second kappa shape index (κ2) is 10.2. The molecule has 1 aliphatic heterocycles. The second-order valence-corrected chi connectivity index (χ2v) is 9.93. The number of nitrogens with one attached hydrogen (secondary N) is 1. The first-order valence-corrected chi connectivity index (χ1v) is 12.0. The lowest BCUT2D eigenvalue weighted by Gasteiger charge is -2.36. The first-order chi connectivity index (χ1) is 16.1. The molecule has 1 aromatic heterocycles. The van der Waals surface area contributed by atoms with E-state index in [-0.39, 0.29) is 54.4 Å². The third kappa shape index (κ3) is 5.20. The lowest BCUT2D eigenvalue weighted by molar-refractivity contribution is -0.386. The van der Waals surface area contributed by atoms with Gasteiger partial charge in [0.15, 0.2) is 11.5 Å². The summed E-state index contributed by atoms with van der Waals surface area (Å²) in [5, 5.41) is 13.9. The van der Waals surface area contributed by atoms with E-state index in [2.05, 4.69) is 5.32 Å². The molecule has 0 saturated carbocycles. The number of carbonyl (C=O) groups excluding carboxylic acids is 2. The molecule has 1 N–H and O–H groups in total. The van der Waals surface area contributed by atoms with E-state index in [1.54, 1.807) is 19.9 Å². The monoisotopic (exact) mass is 494 g/mol. The Morgan fingerprint density at radius 2 is 1.85 bits per heavy atom. The molecule has 13 heteroatoms. The molecule has 0 aliphatic carbocycles. The molecule has 1 aromatic carbocycles. The largest absolute Gasteiger partial charge is 0.490 e. The molecular weight excluding hydrogens is 468 g/mol. The topological polar surface area (TPSA) is 152 Å². The van der Waals surface area contributed by atoms with Crippen LogP contribution >= 0.6 is 0 Å². The summed E-state index contributed by atoms with van der Waals surface area (Å²) in [6.45, 7) is 3.81. The van der Waals surface area contributed by atoms with Gasteiger partial charge in [-0.25, -0.2) is 8.42 Å². The van der Waals surface area contributed by atoms with Crippen molar-refractivity contribution in [3.63, 3.8) is 0 Å². The van der Waals surface area contributed by atoms with Crippen molar-refractivity contribution in [3.8, 4) is 5.75 Å². The molecule has 1 fully saturated rings. The molecule has 1 atom stereocenters. The van der Waals surface area contributed by atoms with Crippen LogP contribution in [0.25, 0.3) is 0 Å². The van der Waals surface area contributed by atoms with Crippen LogP contribution in [0.15, 0.2) is 45.9 Å². The summed E-state index contributed by atoms with van der Waals surface area (Å²) in [5.74, 6) is -1.02. The van der Waals surface area contributed by atoms with Crippen LogP contribution in [0.4, 0.5) is 5.69 Å². The Morgan fingerprint density at radius 3 is 2.38 bits per heavy atom. The summed E-state index contributed by atoms with van der Waals surface area (Å²) < 4.78 is 37.3. The highest BCUT2D eigenvalue weighted by atomic mass is 32.2. The van der Waals surface area contributed by atoms with Crippen molar-refractivity contribution in [3.05, 3.63) is 52.5 Å². The van der Waals surface area contributed by atoms with Gasteiger partial charge in [-0.1, -0.05) is 13.8 Å². The number of carbonyl (C=O) groups is 2. The van der Waals surface area contributed by atoms with Crippen LogP contribution in [-0.2, 0) is 14.8 Å². The second-order valence-electron chi connectivity index (χ2n) is 7.99. The molecule has 0 spiro atoms. The van der Waals surface area contributed by atoms with Crippen LogP contribution in [0.3, 0.4) is 0 Å². The Morgan fingerprint density at radius 1 is 1.18 bits per heavy atom. The zero-order chi connectivity index (χ0) is 25.0. The third-order valence-corrected chi connectivity index (χ3v) is 7.39. The van der Waals surface area contributed by atoms with Crippen LogP contribution in [-0.4, -0.2) is 73.7 Å². The van der Waals surface area contributed by atoms with E-state index in [0.29, 0.717) is 0 Å². The van der Waals surface area contributed by atoms with Gasteiger partial charge in [0.25, 0.3) is 5.91 Å². The van der Waals surface area contributed by atoms with Crippen molar-refractivity contribution in [2.24, 2.45) is 5.92 Å². The van der Waals surface area contributed by atoms with E-state index in [1.165, 1.54) is 40.8 Å². The minimum Gasteiger partial charge on any atom is -0.490 e. The number of rotatable bonds is 8. The predicted octanol–water partition coefficient (Wildman–Crippen LogP) is 1.48. The fourth-order valence-electron chi connectivity index (χ4n) is 3.60. The minimum absolute atomic E-state index is 0.00481. The molecule has 184 valence electrons. The number of nitrogens with zero attached hydrogens (tertiary/aromatic N) is 3. The highest BCUT2D eigenvalue weighted by Crippen LogP contribution is 2.30. The van der Waals surface area contributed by atoms with Crippen molar-refractivity contribution in [1.82, 2.24) is 14.5 Å². The number of nitro groups is 1. The molecule has 1 aliphatic rings. The number of hydrogen-bond acceptors (Lipinski definition) is 8. The van der Waals surface area contributed by atoms with Crippen molar-refractivity contribution < 1.29 is 32.1 Å². The maximum absolute atomic E-state index is 13.1. The molecule has 2 aromatic rings. The standard InChI is InChI=1S/C21H26N4O8S/c1-14(2)19(22-20(26)18-5-4-12-33-18)21(27)23-8-10-24(11-9-23)34(30,31)15-6-7-17(32-3)16(13-15)25(28)29/h4-7,12-14,19H,8-11H2,1-3H3,(H,22,26)/t19-/m0/s1. The van der Waals surface area contributed by atoms with Gasteiger partial charge >= 0.3 is 5.69 Å². The van der Waals surface area contributed by atoms with E-state index >= 15 is 0 Å². The Hall–Kier alpha value is -3.45. The summed E-state index contributed by atoms with van der Waals surface area (Å²) in [6, 6.07) is 5.69. The van der Waals surface area contributed by atoms with Gasteiger partial charge in [-0.2, -0.15) is 4.31 Å². The Labute approximate surface area is 196 Å². The number of benzene rings is 1. The van der Waals surface area contributed by atoms with E-state index < -0.39 is 32.6 Å². The first-order valence-electron chi connectivity index (χ1n) is 10.5. The number of hydrogen-bond donors (Lipinski definition) is 1. The lowest BCUT2D eigenvalue weighted by Crippen LogP contribution is -2.57.